The first-order chi connectivity index (χ1) is 8.62. The van der Waals surface area contributed by atoms with E-state index in [1.807, 2.05) is 0 Å². The molecule has 0 amide bonds. The van der Waals surface area contributed by atoms with Crippen LogP contribution in [-0.2, 0) is 20.1 Å². The van der Waals surface area contributed by atoms with Crippen LogP contribution in [0.3, 0.4) is 0 Å². The molecule has 0 heterocycles. The van der Waals surface area contributed by atoms with Gasteiger partial charge in [0.2, 0.25) is 10.0 Å². The van der Waals surface area contributed by atoms with Crippen LogP contribution < -0.4 is 10.5 Å². The number of nitrogens with two attached hydrogens (primary N) is 1. The van der Waals surface area contributed by atoms with Crippen LogP contribution in [0.5, 0.6) is 0 Å². The Morgan fingerprint density at radius 3 is 2.42 bits per heavy atom. The Balaban J connectivity index is 2.71. The number of sulfonamides is 1. The van der Waals surface area contributed by atoms with Crippen molar-refractivity contribution in [2.45, 2.75) is 11.3 Å². The molecule has 0 fully saturated rings. The van der Waals surface area contributed by atoms with E-state index in [-0.39, 0.29) is 22.9 Å². The predicted molar refractivity (Wildman–Crippen MR) is 72.1 cm³/mol. The summed E-state index contributed by atoms with van der Waals surface area (Å²) in [5.41, 5.74) is 5.78. The molecule has 10 heteroatoms. The van der Waals surface area contributed by atoms with Crippen molar-refractivity contribution >= 4 is 37.4 Å². The van der Waals surface area contributed by atoms with Gasteiger partial charge >= 0.3 is 0 Å². The molecule has 0 aliphatic heterocycles. The van der Waals surface area contributed by atoms with Crippen molar-refractivity contribution < 1.29 is 21.4 Å². The maximum atomic E-state index is 11.8. The lowest BCUT2D eigenvalue weighted by Crippen LogP contribution is -2.26. The molecule has 0 aliphatic carbocycles. The number of nitrogen functional groups attached to an aromatic ring is 1. The van der Waals surface area contributed by atoms with E-state index in [0.29, 0.717) is 5.69 Å². The van der Waals surface area contributed by atoms with Gasteiger partial charge < -0.3 is 5.73 Å². The summed E-state index contributed by atoms with van der Waals surface area (Å²) in [5, 5.41) is -0.0257. The fraction of sp³-hybridized carbons (Fsp3) is 0.333. The van der Waals surface area contributed by atoms with Gasteiger partial charge in [-0.25, -0.2) is 13.1 Å². The zero-order chi connectivity index (χ0) is 14.7. The van der Waals surface area contributed by atoms with Crippen molar-refractivity contribution in [3.63, 3.8) is 0 Å². The number of anilines is 1. The predicted octanol–water partition coefficient (Wildman–Crippen LogP) is 0.478. The van der Waals surface area contributed by atoms with Crippen LogP contribution in [0.4, 0.5) is 5.69 Å². The second-order valence-corrected chi connectivity index (χ2v) is 7.44. The maximum Gasteiger partial charge on any atom is 0.264 e. The van der Waals surface area contributed by atoms with Crippen molar-refractivity contribution in [2.75, 3.05) is 18.0 Å². The molecule has 108 valence electrons. The number of hydrogen-bond acceptors (Lipinski definition) is 5. The van der Waals surface area contributed by atoms with Crippen LogP contribution in [0.15, 0.2) is 23.1 Å². The highest BCUT2D eigenvalue weighted by atomic mass is 35.5. The minimum absolute atomic E-state index is 0.0257. The molecule has 0 radical (unpaired) electrons. The number of benzene rings is 1. The Bertz CT molecular complexity index is 657. The quantitative estimate of drug-likeness (QED) is 0.396. The summed E-state index contributed by atoms with van der Waals surface area (Å²) in [6, 6.07) is 3.94. The molecule has 0 unspecified atom stereocenters. The summed E-state index contributed by atoms with van der Waals surface area (Å²) >= 11 is 5.76. The van der Waals surface area contributed by atoms with Gasteiger partial charge in [0.25, 0.3) is 10.1 Å². The highest BCUT2D eigenvalue weighted by Gasteiger charge is 2.17. The molecule has 1 aromatic rings. The highest BCUT2D eigenvalue weighted by Crippen LogP contribution is 2.23. The Morgan fingerprint density at radius 1 is 1.26 bits per heavy atom. The number of hydrogen-bond donors (Lipinski definition) is 3. The fourth-order valence-electron chi connectivity index (χ4n) is 1.27. The van der Waals surface area contributed by atoms with Crippen molar-refractivity contribution in [1.29, 1.82) is 0 Å². The zero-order valence-corrected chi connectivity index (χ0v) is 12.1. The largest absolute Gasteiger partial charge is 0.399 e. The van der Waals surface area contributed by atoms with Gasteiger partial charge in [0.05, 0.1) is 10.8 Å². The average Bonchev–Trinajstić information content (AvgIpc) is 2.22. The van der Waals surface area contributed by atoms with Crippen LogP contribution in [0.2, 0.25) is 5.02 Å². The topological polar surface area (TPSA) is 127 Å². The van der Waals surface area contributed by atoms with Gasteiger partial charge in [0.15, 0.2) is 0 Å². The summed E-state index contributed by atoms with van der Waals surface area (Å²) in [7, 11) is -7.94. The SMILES string of the molecule is Nc1ccc(S(=O)(=O)NCCCS(=O)(=O)O)c(Cl)c1. The number of rotatable bonds is 6. The Morgan fingerprint density at radius 2 is 1.89 bits per heavy atom. The molecule has 0 saturated carbocycles. The first-order valence-electron chi connectivity index (χ1n) is 5.12. The van der Waals surface area contributed by atoms with Crippen LogP contribution in [0, 0.1) is 0 Å². The lowest BCUT2D eigenvalue weighted by Gasteiger charge is -2.08. The molecule has 0 aliphatic rings. The standard InChI is InChI=1S/C9H13ClN2O5S2/c10-8-6-7(11)2-3-9(8)19(16,17)12-4-1-5-18(13,14)15/h2-3,6,12H,1,4-5,11H2,(H,13,14,15). The van der Waals surface area contributed by atoms with E-state index < -0.39 is 25.9 Å². The van der Waals surface area contributed by atoms with Gasteiger partial charge in [-0.2, -0.15) is 8.42 Å². The molecule has 7 nitrogen and oxygen atoms in total. The minimum Gasteiger partial charge on any atom is -0.399 e. The lowest BCUT2D eigenvalue weighted by atomic mass is 10.3. The molecular weight excluding hydrogens is 316 g/mol. The summed E-state index contributed by atoms with van der Waals surface area (Å²) in [6.45, 7) is -0.136. The van der Waals surface area contributed by atoms with E-state index in [9.17, 15) is 16.8 Å². The summed E-state index contributed by atoms with van der Waals surface area (Å²) in [6.07, 6.45) is -0.0509. The van der Waals surface area contributed by atoms with Crippen LogP contribution >= 0.6 is 11.6 Å². The van der Waals surface area contributed by atoms with E-state index in [1.165, 1.54) is 18.2 Å². The normalized spacial score (nSPS) is 12.5. The van der Waals surface area contributed by atoms with Gasteiger partial charge in [-0.05, 0) is 24.6 Å². The third-order valence-electron chi connectivity index (χ3n) is 2.12. The minimum atomic E-state index is -4.10. The van der Waals surface area contributed by atoms with E-state index in [1.54, 1.807) is 0 Å². The second-order valence-electron chi connectivity index (χ2n) is 3.73. The Labute approximate surface area is 116 Å². The first-order valence-corrected chi connectivity index (χ1v) is 8.59. The molecule has 0 aromatic heterocycles. The molecular formula is C9H13ClN2O5S2. The summed E-state index contributed by atoms with van der Waals surface area (Å²) in [4.78, 5) is -0.143. The molecule has 1 rings (SSSR count). The molecule has 1 aromatic carbocycles. The van der Waals surface area contributed by atoms with Gasteiger partial charge in [0, 0.05) is 12.2 Å². The average molecular weight is 329 g/mol. The van der Waals surface area contributed by atoms with Crippen LogP contribution in [0.25, 0.3) is 0 Å². The summed E-state index contributed by atoms with van der Waals surface area (Å²) < 4.78 is 55.3. The van der Waals surface area contributed by atoms with Crippen molar-refractivity contribution in [1.82, 2.24) is 4.72 Å². The third kappa shape index (κ3) is 5.33. The van der Waals surface area contributed by atoms with Crippen LogP contribution in [0.1, 0.15) is 6.42 Å². The smallest absolute Gasteiger partial charge is 0.264 e. The van der Waals surface area contributed by atoms with Crippen molar-refractivity contribution in [3.8, 4) is 0 Å². The maximum absolute atomic E-state index is 11.8. The second kappa shape index (κ2) is 6.06. The zero-order valence-electron chi connectivity index (χ0n) is 9.71. The molecule has 4 N–H and O–H groups in total. The molecule has 0 atom stereocenters. The van der Waals surface area contributed by atoms with E-state index in [2.05, 4.69) is 4.72 Å². The number of halogens is 1. The molecule has 19 heavy (non-hydrogen) atoms. The molecule has 0 saturated heterocycles. The Hall–Kier alpha value is -0.870. The van der Waals surface area contributed by atoms with E-state index >= 15 is 0 Å². The third-order valence-corrected chi connectivity index (χ3v) is 4.87. The van der Waals surface area contributed by atoms with Gasteiger partial charge in [-0.15, -0.1) is 0 Å². The van der Waals surface area contributed by atoms with Gasteiger partial charge in [-0.3, -0.25) is 4.55 Å². The molecule has 0 spiro atoms. The first kappa shape index (κ1) is 16.2. The lowest BCUT2D eigenvalue weighted by molar-refractivity contribution is 0.480. The monoisotopic (exact) mass is 328 g/mol. The van der Waals surface area contributed by atoms with Gasteiger partial charge in [-0.1, -0.05) is 11.6 Å². The van der Waals surface area contributed by atoms with Crippen molar-refractivity contribution in [3.05, 3.63) is 23.2 Å². The van der Waals surface area contributed by atoms with Crippen molar-refractivity contribution in [2.24, 2.45) is 0 Å². The van der Waals surface area contributed by atoms with E-state index in [0.717, 1.165) is 0 Å². The van der Waals surface area contributed by atoms with Crippen LogP contribution in [-0.4, -0.2) is 33.7 Å². The highest BCUT2D eigenvalue weighted by molar-refractivity contribution is 7.89. The fourth-order valence-corrected chi connectivity index (χ4v) is 3.41. The number of nitrogens with one attached hydrogen (secondary N) is 1. The van der Waals surface area contributed by atoms with E-state index in [4.69, 9.17) is 21.9 Å². The Kier molecular flexibility index (Phi) is 5.16. The molecule has 0 bridgehead atoms. The summed E-state index contributed by atoms with van der Waals surface area (Å²) in [5.74, 6) is -0.523. The van der Waals surface area contributed by atoms with Gasteiger partial charge in [0.1, 0.15) is 4.90 Å².